The molecule has 0 aliphatic carbocycles. The van der Waals surface area contributed by atoms with Crippen LogP contribution in [0, 0.1) is 18.3 Å². The summed E-state index contributed by atoms with van der Waals surface area (Å²) in [5.74, 6) is -1.26. The molecule has 3 heterocycles. The number of para-hydroxylation sites is 1. The van der Waals surface area contributed by atoms with Crippen LogP contribution in [0.3, 0.4) is 0 Å². The second kappa shape index (κ2) is 13.4. The molecule has 0 atom stereocenters. The molecule has 256 valence electrons. The first-order chi connectivity index (χ1) is 26.4. The Bertz CT molecular complexity index is 2970. The fourth-order valence-electron chi connectivity index (χ4n) is 7.09. The number of fused-ring (bicyclic) bond motifs is 4. The first-order valence-corrected chi connectivity index (χ1v) is 18.3. The maximum absolute atomic E-state index is 11.7. The average Bonchev–Trinajstić information content (AvgIpc) is 3.82. The molecule has 0 saturated carbocycles. The zero-order valence-corrected chi connectivity index (χ0v) is 29.9. The van der Waals surface area contributed by atoms with Gasteiger partial charge in [0.05, 0.1) is 33.5 Å². The lowest BCUT2D eigenvalue weighted by Crippen LogP contribution is -1.97. The maximum Gasteiger partial charge on any atom is 0.346 e. The van der Waals surface area contributed by atoms with E-state index in [1.165, 1.54) is 23.0 Å². The van der Waals surface area contributed by atoms with E-state index in [0.29, 0.717) is 4.88 Å². The number of carboxylic acid groups (broad SMARTS) is 1. The maximum atomic E-state index is 11.7. The van der Waals surface area contributed by atoms with Crippen molar-refractivity contribution >= 4 is 56.2 Å². The number of carbonyl (C=O) groups is 1. The predicted molar refractivity (Wildman–Crippen MR) is 219 cm³/mol. The highest BCUT2D eigenvalue weighted by molar-refractivity contribution is 7.16. The Morgan fingerprint density at radius 2 is 1.35 bits per heavy atom. The van der Waals surface area contributed by atoms with Crippen molar-refractivity contribution in [3.8, 4) is 55.8 Å². The molecule has 0 saturated heterocycles. The van der Waals surface area contributed by atoms with Crippen molar-refractivity contribution in [3.63, 3.8) is 0 Å². The first-order valence-electron chi connectivity index (χ1n) is 17.5. The van der Waals surface area contributed by atoms with Crippen LogP contribution in [0.2, 0.25) is 0 Å². The van der Waals surface area contributed by atoms with E-state index in [1.54, 1.807) is 6.07 Å². The summed E-state index contributed by atoms with van der Waals surface area (Å²) in [6, 6.07) is 53.8. The highest BCUT2D eigenvalue weighted by Gasteiger charge is 2.20. The van der Waals surface area contributed by atoms with Gasteiger partial charge in [0, 0.05) is 42.9 Å². The lowest BCUT2D eigenvalue weighted by Gasteiger charge is -2.14. The van der Waals surface area contributed by atoms with Gasteiger partial charge >= 0.3 is 5.97 Å². The minimum Gasteiger partial charge on any atom is -0.477 e. The Balaban J connectivity index is 1.30. The molecule has 0 aliphatic heterocycles. The highest BCUT2D eigenvalue weighted by Crippen LogP contribution is 2.41. The number of aryl methyl sites for hydroxylation is 1. The van der Waals surface area contributed by atoms with Gasteiger partial charge in [-0.05, 0) is 78.7 Å². The van der Waals surface area contributed by atoms with E-state index < -0.39 is 5.97 Å². The monoisotopic (exact) mass is 714 g/mol. The van der Waals surface area contributed by atoms with Gasteiger partial charge in [0.2, 0.25) is 0 Å². The molecule has 6 nitrogen and oxygen atoms in total. The highest BCUT2D eigenvalue weighted by atomic mass is 32.1. The van der Waals surface area contributed by atoms with Gasteiger partial charge in [-0.15, -0.1) is 11.3 Å². The molecule has 3 aromatic heterocycles. The third kappa shape index (κ3) is 5.81. The Kier molecular flexibility index (Phi) is 8.15. The average molecular weight is 715 g/mol. The molecule has 7 heteroatoms. The van der Waals surface area contributed by atoms with Crippen LogP contribution in [-0.4, -0.2) is 25.6 Å². The minimum atomic E-state index is -1.26. The van der Waals surface area contributed by atoms with Gasteiger partial charge in [0.1, 0.15) is 11.6 Å². The molecular weight excluding hydrogens is 685 g/mol. The SMILES string of the molecule is Cc1ccc(-n2c3ccccc3c3cc(-c4cc(-c5ccc(/C=C(/C#N)C(=O)O)s5)c5nc(-c6ccccc6)c(-c6ccccc6)nc5c4)ccc32)cc1. The molecular formula is C47H30N4O2S. The molecule has 0 aliphatic rings. The fourth-order valence-corrected chi connectivity index (χ4v) is 8.06. The molecule has 9 aromatic rings. The third-order valence-electron chi connectivity index (χ3n) is 9.69. The van der Waals surface area contributed by atoms with Gasteiger partial charge in [0.25, 0.3) is 0 Å². The Morgan fingerprint density at radius 3 is 2.06 bits per heavy atom. The van der Waals surface area contributed by atoms with Gasteiger partial charge in [0.15, 0.2) is 0 Å². The topological polar surface area (TPSA) is 91.8 Å². The number of carboxylic acids is 1. The number of hydrogen-bond donors (Lipinski definition) is 1. The van der Waals surface area contributed by atoms with Crippen molar-refractivity contribution in [1.82, 2.24) is 14.5 Å². The van der Waals surface area contributed by atoms with Gasteiger partial charge in [-0.2, -0.15) is 5.26 Å². The van der Waals surface area contributed by atoms with Gasteiger partial charge in [-0.3, -0.25) is 0 Å². The number of rotatable bonds is 7. The van der Waals surface area contributed by atoms with E-state index >= 15 is 0 Å². The summed E-state index contributed by atoms with van der Waals surface area (Å²) in [6.07, 6.45) is 1.41. The summed E-state index contributed by atoms with van der Waals surface area (Å²) in [5.41, 5.74) is 12.0. The van der Waals surface area contributed by atoms with Crippen molar-refractivity contribution in [3.05, 3.63) is 168 Å². The molecule has 0 unspecified atom stereocenters. The molecule has 0 radical (unpaired) electrons. The molecule has 1 N–H and O–H groups in total. The van der Waals surface area contributed by atoms with Crippen LogP contribution in [0.4, 0.5) is 0 Å². The van der Waals surface area contributed by atoms with Crippen molar-refractivity contribution in [2.45, 2.75) is 6.92 Å². The third-order valence-corrected chi connectivity index (χ3v) is 10.8. The van der Waals surface area contributed by atoms with E-state index in [1.807, 2.05) is 60.7 Å². The number of nitriles is 1. The zero-order valence-electron chi connectivity index (χ0n) is 29.1. The van der Waals surface area contributed by atoms with E-state index in [-0.39, 0.29) is 5.57 Å². The molecule has 0 amide bonds. The smallest absolute Gasteiger partial charge is 0.346 e. The van der Waals surface area contributed by atoms with E-state index in [2.05, 4.69) is 102 Å². The Morgan fingerprint density at radius 1 is 0.685 bits per heavy atom. The largest absolute Gasteiger partial charge is 0.477 e. The quantitative estimate of drug-likeness (QED) is 0.131. The van der Waals surface area contributed by atoms with E-state index in [9.17, 15) is 15.2 Å². The minimum absolute atomic E-state index is 0.321. The first kappa shape index (κ1) is 32.7. The van der Waals surface area contributed by atoms with Crippen molar-refractivity contribution in [2.24, 2.45) is 0 Å². The van der Waals surface area contributed by atoms with E-state index in [0.717, 1.165) is 82.6 Å². The van der Waals surface area contributed by atoms with Crippen LogP contribution >= 0.6 is 11.3 Å². The van der Waals surface area contributed by atoms with Crippen LogP contribution < -0.4 is 0 Å². The predicted octanol–water partition coefficient (Wildman–Crippen LogP) is 11.8. The second-order valence-corrected chi connectivity index (χ2v) is 14.3. The Labute approximate surface area is 315 Å². The van der Waals surface area contributed by atoms with Crippen LogP contribution in [0.15, 0.2) is 157 Å². The van der Waals surface area contributed by atoms with Crippen LogP contribution in [0.5, 0.6) is 0 Å². The lowest BCUT2D eigenvalue weighted by atomic mass is 9.97. The number of hydrogen-bond acceptors (Lipinski definition) is 5. The summed E-state index contributed by atoms with van der Waals surface area (Å²) in [5, 5.41) is 21.3. The normalized spacial score (nSPS) is 11.7. The van der Waals surface area contributed by atoms with Gasteiger partial charge in [-0.1, -0.05) is 103 Å². The summed E-state index contributed by atoms with van der Waals surface area (Å²) >= 11 is 1.41. The summed E-state index contributed by atoms with van der Waals surface area (Å²) in [7, 11) is 0. The van der Waals surface area contributed by atoms with E-state index in [4.69, 9.17) is 9.97 Å². The summed E-state index contributed by atoms with van der Waals surface area (Å²) < 4.78 is 2.32. The number of thiophene rings is 1. The number of aliphatic carboxylic acids is 1. The van der Waals surface area contributed by atoms with Crippen molar-refractivity contribution in [1.29, 1.82) is 5.26 Å². The summed E-state index contributed by atoms with van der Waals surface area (Å²) in [4.78, 5) is 23.9. The lowest BCUT2D eigenvalue weighted by molar-refractivity contribution is -0.132. The van der Waals surface area contributed by atoms with Gasteiger partial charge in [-0.25, -0.2) is 14.8 Å². The fraction of sp³-hybridized carbons (Fsp3) is 0.0213. The molecule has 54 heavy (non-hydrogen) atoms. The molecule has 9 rings (SSSR count). The van der Waals surface area contributed by atoms with Gasteiger partial charge < -0.3 is 9.67 Å². The van der Waals surface area contributed by atoms with Crippen molar-refractivity contribution in [2.75, 3.05) is 0 Å². The molecule has 0 fully saturated rings. The number of benzene rings is 6. The Hall–Kier alpha value is -7.14. The molecule has 0 spiro atoms. The van der Waals surface area contributed by atoms with Crippen LogP contribution in [-0.2, 0) is 4.79 Å². The van der Waals surface area contributed by atoms with Crippen LogP contribution in [0.25, 0.3) is 88.7 Å². The number of nitrogens with zero attached hydrogens (tertiary/aromatic N) is 4. The molecule has 0 bridgehead atoms. The standard InChI is InChI=1S/C47H30N4O2S/c1-29-16-19-35(20-17-29)51-41-15-9-8-14-37(41)38-25-32(18-22-42(38)51)33-26-39(43-23-21-36(54-43)24-34(28-48)47(52)53)46-40(27-33)49-44(30-10-4-2-5-11-30)45(50-46)31-12-6-3-7-13-31/h2-27H,1H3,(H,52,53)/b34-24-. The molecule has 6 aromatic carbocycles. The summed E-state index contributed by atoms with van der Waals surface area (Å²) in [6.45, 7) is 2.10. The van der Waals surface area contributed by atoms with Crippen molar-refractivity contribution < 1.29 is 9.90 Å². The number of aromatic nitrogens is 3. The zero-order chi connectivity index (χ0) is 36.8. The second-order valence-electron chi connectivity index (χ2n) is 13.1. The van der Waals surface area contributed by atoms with Crippen LogP contribution in [0.1, 0.15) is 10.4 Å².